The fourth-order valence-electron chi connectivity index (χ4n) is 3.69. The molecule has 0 fully saturated rings. The number of anilines is 2. The van der Waals surface area contributed by atoms with Crippen molar-refractivity contribution >= 4 is 49.8 Å². The number of aryl methyl sites for hydroxylation is 1. The summed E-state index contributed by atoms with van der Waals surface area (Å²) in [6.45, 7) is 3.98. The fraction of sp³-hybridized carbons (Fsp3) is 0.111. The predicted molar refractivity (Wildman–Crippen MR) is 140 cm³/mol. The Kier molecular flexibility index (Phi) is 7.06. The highest BCUT2D eigenvalue weighted by molar-refractivity contribution is 9.10. The first-order valence-electron chi connectivity index (χ1n) is 10.6. The lowest BCUT2D eigenvalue weighted by Crippen LogP contribution is -2.18. The van der Waals surface area contributed by atoms with E-state index < -0.39 is 0 Å². The summed E-state index contributed by atoms with van der Waals surface area (Å²) in [5.74, 6) is -0.513. The van der Waals surface area contributed by atoms with E-state index in [4.69, 9.17) is 0 Å². The van der Waals surface area contributed by atoms with E-state index in [2.05, 4.69) is 33.5 Å². The Balaban J connectivity index is 1.75. The summed E-state index contributed by atoms with van der Waals surface area (Å²) in [5, 5.41) is 6.56. The zero-order chi connectivity index (χ0) is 23.4. The lowest BCUT2D eigenvalue weighted by Gasteiger charge is -2.12. The van der Waals surface area contributed by atoms with Crippen LogP contribution in [0.4, 0.5) is 10.7 Å². The van der Waals surface area contributed by atoms with Gasteiger partial charge in [0.2, 0.25) is 0 Å². The summed E-state index contributed by atoms with van der Waals surface area (Å²) in [5.41, 5.74) is 4.66. The second kappa shape index (κ2) is 10.1. The summed E-state index contributed by atoms with van der Waals surface area (Å²) in [7, 11) is 0. The lowest BCUT2D eigenvalue weighted by atomic mass is 10.1. The third-order valence-electron chi connectivity index (χ3n) is 5.40. The average Bonchev–Trinajstić information content (AvgIpc) is 3.15. The van der Waals surface area contributed by atoms with Crippen LogP contribution in [0.1, 0.15) is 38.8 Å². The standard InChI is InChI=1S/C27H23BrN2O2S/c1-3-18-11-7-10-16-22(18)29-26(32)23-17(2)24(19-12-5-4-6-13-19)33-27(23)30-25(31)20-14-8-9-15-21(20)28/h4-16H,3H2,1-2H3,(H,29,32)(H,30,31). The van der Waals surface area contributed by atoms with Gasteiger partial charge < -0.3 is 10.6 Å². The molecule has 1 heterocycles. The molecule has 0 unspecified atom stereocenters. The summed E-state index contributed by atoms with van der Waals surface area (Å²) in [6, 6.07) is 24.9. The van der Waals surface area contributed by atoms with Crippen molar-refractivity contribution in [3.63, 3.8) is 0 Å². The highest BCUT2D eigenvalue weighted by Crippen LogP contribution is 2.40. The molecule has 0 atom stereocenters. The number of hydrogen-bond donors (Lipinski definition) is 2. The number of carbonyl (C=O) groups excluding carboxylic acids is 2. The van der Waals surface area contributed by atoms with Crippen LogP contribution >= 0.6 is 27.3 Å². The van der Waals surface area contributed by atoms with Gasteiger partial charge in [0.25, 0.3) is 11.8 Å². The lowest BCUT2D eigenvalue weighted by molar-refractivity contribution is 0.102. The van der Waals surface area contributed by atoms with Crippen LogP contribution in [-0.2, 0) is 6.42 Å². The number of amides is 2. The second-order valence-corrected chi connectivity index (χ2v) is 9.40. The van der Waals surface area contributed by atoms with Crippen LogP contribution in [0, 0.1) is 6.92 Å². The maximum Gasteiger partial charge on any atom is 0.258 e. The zero-order valence-electron chi connectivity index (χ0n) is 18.3. The number of carbonyl (C=O) groups is 2. The SMILES string of the molecule is CCc1ccccc1NC(=O)c1c(NC(=O)c2ccccc2Br)sc(-c2ccccc2)c1C. The number of nitrogens with one attached hydrogen (secondary N) is 2. The molecule has 6 heteroatoms. The van der Waals surface area contributed by atoms with Crippen LogP contribution in [0.25, 0.3) is 10.4 Å². The topological polar surface area (TPSA) is 58.2 Å². The van der Waals surface area contributed by atoms with E-state index in [-0.39, 0.29) is 11.8 Å². The minimum atomic E-state index is -0.272. The van der Waals surface area contributed by atoms with Gasteiger partial charge in [-0.05, 0) is 64.2 Å². The molecule has 4 aromatic rings. The van der Waals surface area contributed by atoms with Gasteiger partial charge in [0, 0.05) is 15.0 Å². The molecule has 0 bridgehead atoms. The molecule has 0 aliphatic heterocycles. The molecule has 166 valence electrons. The number of benzene rings is 3. The largest absolute Gasteiger partial charge is 0.322 e. The van der Waals surface area contributed by atoms with Crippen LogP contribution in [0.3, 0.4) is 0 Å². The molecule has 2 N–H and O–H groups in total. The van der Waals surface area contributed by atoms with Crippen LogP contribution in [-0.4, -0.2) is 11.8 Å². The molecule has 2 amide bonds. The Morgan fingerprint density at radius 1 is 0.848 bits per heavy atom. The minimum Gasteiger partial charge on any atom is -0.322 e. The molecule has 33 heavy (non-hydrogen) atoms. The monoisotopic (exact) mass is 518 g/mol. The molecule has 0 aliphatic rings. The molecule has 3 aromatic carbocycles. The molecule has 0 saturated carbocycles. The molecular weight excluding hydrogens is 496 g/mol. The van der Waals surface area contributed by atoms with E-state index in [0.717, 1.165) is 33.7 Å². The number of hydrogen-bond acceptors (Lipinski definition) is 3. The van der Waals surface area contributed by atoms with Gasteiger partial charge in [-0.3, -0.25) is 9.59 Å². The van der Waals surface area contributed by atoms with E-state index >= 15 is 0 Å². The Morgan fingerprint density at radius 3 is 2.24 bits per heavy atom. The Labute approximate surface area is 205 Å². The van der Waals surface area contributed by atoms with E-state index in [1.807, 2.05) is 79.7 Å². The van der Waals surface area contributed by atoms with Crippen LogP contribution in [0.5, 0.6) is 0 Å². The van der Waals surface area contributed by atoms with Crippen molar-refractivity contribution in [2.24, 2.45) is 0 Å². The van der Waals surface area contributed by atoms with E-state index in [0.29, 0.717) is 20.6 Å². The summed E-state index contributed by atoms with van der Waals surface area (Å²) in [4.78, 5) is 27.5. The van der Waals surface area contributed by atoms with Gasteiger partial charge in [-0.25, -0.2) is 0 Å². The predicted octanol–water partition coefficient (Wildman–Crippen LogP) is 7.55. The van der Waals surface area contributed by atoms with Crippen molar-refractivity contribution < 1.29 is 9.59 Å². The zero-order valence-corrected chi connectivity index (χ0v) is 20.7. The quantitative estimate of drug-likeness (QED) is 0.276. The van der Waals surface area contributed by atoms with Crippen molar-refractivity contribution in [3.8, 4) is 10.4 Å². The molecule has 1 aromatic heterocycles. The van der Waals surface area contributed by atoms with Gasteiger partial charge in [0.1, 0.15) is 5.00 Å². The molecule has 0 aliphatic carbocycles. The second-order valence-electron chi connectivity index (χ2n) is 7.53. The first kappa shape index (κ1) is 23.0. The third-order valence-corrected chi connectivity index (χ3v) is 7.35. The number of para-hydroxylation sites is 1. The van der Waals surface area contributed by atoms with E-state index in [1.54, 1.807) is 6.07 Å². The number of rotatable bonds is 6. The number of thiophene rings is 1. The maximum atomic E-state index is 13.5. The highest BCUT2D eigenvalue weighted by Gasteiger charge is 2.24. The smallest absolute Gasteiger partial charge is 0.258 e. The molecule has 0 saturated heterocycles. The van der Waals surface area contributed by atoms with Crippen molar-refractivity contribution in [2.75, 3.05) is 10.6 Å². The summed E-state index contributed by atoms with van der Waals surface area (Å²) >= 11 is 4.85. The van der Waals surface area contributed by atoms with Crippen LogP contribution < -0.4 is 10.6 Å². The molecule has 0 spiro atoms. The van der Waals surface area contributed by atoms with Crippen LogP contribution in [0.2, 0.25) is 0 Å². The summed E-state index contributed by atoms with van der Waals surface area (Å²) < 4.78 is 0.696. The van der Waals surface area contributed by atoms with Crippen molar-refractivity contribution in [2.45, 2.75) is 20.3 Å². The average molecular weight is 519 g/mol. The fourth-order valence-corrected chi connectivity index (χ4v) is 5.36. The van der Waals surface area contributed by atoms with E-state index in [9.17, 15) is 9.59 Å². The molecular formula is C27H23BrN2O2S. The van der Waals surface area contributed by atoms with Gasteiger partial charge in [0.05, 0.1) is 11.1 Å². The minimum absolute atomic E-state index is 0.241. The van der Waals surface area contributed by atoms with Gasteiger partial charge in [-0.1, -0.05) is 67.6 Å². The third kappa shape index (κ3) is 4.92. The molecule has 4 rings (SSSR count). The van der Waals surface area contributed by atoms with Gasteiger partial charge in [0.15, 0.2) is 0 Å². The Morgan fingerprint density at radius 2 is 1.52 bits per heavy atom. The van der Waals surface area contributed by atoms with Crippen molar-refractivity contribution in [3.05, 3.63) is 106 Å². The van der Waals surface area contributed by atoms with Crippen molar-refractivity contribution in [1.82, 2.24) is 0 Å². The molecule has 0 radical (unpaired) electrons. The highest BCUT2D eigenvalue weighted by atomic mass is 79.9. The first-order valence-corrected chi connectivity index (χ1v) is 12.2. The van der Waals surface area contributed by atoms with E-state index in [1.165, 1.54) is 11.3 Å². The Bertz CT molecular complexity index is 1310. The molecule has 4 nitrogen and oxygen atoms in total. The van der Waals surface area contributed by atoms with Gasteiger partial charge >= 0.3 is 0 Å². The summed E-state index contributed by atoms with van der Waals surface area (Å²) in [6.07, 6.45) is 0.806. The van der Waals surface area contributed by atoms with Gasteiger partial charge in [-0.2, -0.15) is 0 Å². The normalized spacial score (nSPS) is 10.6. The Hall–Kier alpha value is -3.22. The first-order chi connectivity index (χ1) is 16.0. The maximum absolute atomic E-state index is 13.5. The number of halogens is 1. The van der Waals surface area contributed by atoms with Gasteiger partial charge in [-0.15, -0.1) is 11.3 Å². The van der Waals surface area contributed by atoms with Crippen molar-refractivity contribution in [1.29, 1.82) is 0 Å². The van der Waals surface area contributed by atoms with Crippen LogP contribution in [0.15, 0.2) is 83.3 Å².